The molecule has 1 saturated carbocycles. The van der Waals surface area contributed by atoms with E-state index < -0.39 is 10.2 Å². The Kier molecular flexibility index (Phi) is 5.45. The minimum Gasteiger partial charge on any atom is -0.330 e. The molecular weight excluding hydrogens is 274 g/mol. The predicted molar refractivity (Wildman–Crippen MR) is 81.5 cm³/mol. The topological polar surface area (TPSA) is 66.6 Å². The molecule has 2 N–H and O–H groups in total. The second-order valence-corrected chi connectivity index (χ2v) is 8.42. The van der Waals surface area contributed by atoms with E-state index in [9.17, 15) is 8.42 Å². The Bertz CT molecular complexity index is 407. The van der Waals surface area contributed by atoms with Gasteiger partial charge in [-0.1, -0.05) is 26.2 Å². The van der Waals surface area contributed by atoms with Gasteiger partial charge in [-0.25, -0.2) is 0 Å². The quantitative estimate of drug-likeness (QED) is 0.854. The number of nitrogens with zero attached hydrogens (tertiary/aromatic N) is 2. The van der Waals surface area contributed by atoms with Gasteiger partial charge in [0.15, 0.2) is 0 Å². The highest BCUT2D eigenvalue weighted by atomic mass is 32.2. The Hall–Kier alpha value is -0.170. The summed E-state index contributed by atoms with van der Waals surface area (Å²) < 4.78 is 28.8. The largest absolute Gasteiger partial charge is 0.330 e. The zero-order valence-corrected chi connectivity index (χ0v) is 13.6. The molecule has 1 aliphatic carbocycles. The van der Waals surface area contributed by atoms with Crippen LogP contribution in [0.3, 0.4) is 0 Å². The van der Waals surface area contributed by atoms with Crippen molar-refractivity contribution >= 4 is 10.2 Å². The maximum absolute atomic E-state index is 12.8. The van der Waals surface area contributed by atoms with Crippen LogP contribution in [0.15, 0.2) is 0 Å². The molecule has 0 spiro atoms. The first-order chi connectivity index (χ1) is 9.46. The Morgan fingerprint density at radius 2 is 1.85 bits per heavy atom. The van der Waals surface area contributed by atoms with Crippen LogP contribution in [-0.4, -0.2) is 49.8 Å². The number of piperidine rings is 1. The summed E-state index contributed by atoms with van der Waals surface area (Å²) in [7, 11) is -1.57. The van der Waals surface area contributed by atoms with E-state index in [1.807, 2.05) is 0 Å². The first-order valence-electron chi connectivity index (χ1n) is 7.90. The molecule has 1 aliphatic heterocycles. The molecule has 2 aliphatic rings. The SMILES string of the molecule is CC1CCN(S(=O)(=O)N(C)C2CCCCC2)CC1CN. The molecule has 0 aromatic heterocycles. The van der Waals surface area contributed by atoms with Crippen LogP contribution in [0.5, 0.6) is 0 Å². The fourth-order valence-electron chi connectivity index (χ4n) is 3.45. The molecular formula is C14H29N3O2S. The van der Waals surface area contributed by atoms with E-state index in [-0.39, 0.29) is 6.04 Å². The van der Waals surface area contributed by atoms with Gasteiger partial charge in [0.1, 0.15) is 0 Å². The standard InChI is InChI=1S/C14H29N3O2S/c1-12-8-9-17(11-13(12)10-15)20(18,19)16(2)14-6-4-3-5-7-14/h12-14H,3-11,15H2,1-2H3. The summed E-state index contributed by atoms with van der Waals surface area (Å²) >= 11 is 0. The van der Waals surface area contributed by atoms with Crippen molar-refractivity contribution in [3.05, 3.63) is 0 Å². The van der Waals surface area contributed by atoms with Crippen molar-refractivity contribution in [3.8, 4) is 0 Å². The van der Waals surface area contributed by atoms with Crippen molar-refractivity contribution in [1.29, 1.82) is 0 Å². The second-order valence-electron chi connectivity index (χ2n) is 6.44. The van der Waals surface area contributed by atoms with Crippen LogP contribution in [-0.2, 0) is 10.2 Å². The molecule has 0 bridgehead atoms. The molecule has 0 aromatic rings. The highest BCUT2D eigenvalue weighted by Gasteiger charge is 2.37. The van der Waals surface area contributed by atoms with Crippen molar-refractivity contribution in [2.45, 2.75) is 51.5 Å². The third kappa shape index (κ3) is 3.35. The zero-order chi connectivity index (χ0) is 14.8. The molecule has 1 heterocycles. The predicted octanol–water partition coefficient (Wildman–Crippen LogP) is 1.41. The van der Waals surface area contributed by atoms with Crippen molar-refractivity contribution in [2.75, 3.05) is 26.7 Å². The summed E-state index contributed by atoms with van der Waals surface area (Å²) in [5.41, 5.74) is 5.78. The van der Waals surface area contributed by atoms with E-state index in [2.05, 4.69) is 6.92 Å². The lowest BCUT2D eigenvalue weighted by Crippen LogP contribution is -2.52. The molecule has 2 unspecified atom stereocenters. The van der Waals surface area contributed by atoms with Gasteiger partial charge in [-0.2, -0.15) is 17.0 Å². The van der Waals surface area contributed by atoms with Crippen LogP contribution in [0.1, 0.15) is 45.4 Å². The van der Waals surface area contributed by atoms with E-state index >= 15 is 0 Å². The van der Waals surface area contributed by atoms with Crippen LogP contribution < -0.4 is 5.73 Å². The second kappa shape index (κ2) is 6.73. The van der Waals surface area contributed by atoms with Crippen molar-refractivity contribution in [2.24, 2.45) is 17.6 Å². The third-order valence-corrected chi connectivity index (χ3v) is 7.17. The zero-order valence-electron chi connectivity index (χ0n) is 12.8. The lowest BCUT2D eigenvalue weighted by molar-refractivity contribution is 0.185. The van der Waals surface area contributed by atoms with Crippen molar-refractivity contribution in [1.82, 2.24) is 8.61 Å². The Labute approximate surface area is 123 Å². The molecule has 0 aromatic carbocycles. The van der Waals surface area contributed by atoms with Gasteiger partial charge >= 0.3 is 0 Å². The first-order valence-corrected chi connectivity index (χ1v) is 9.29. The maximum atomic E-state index is 12.8. The molecule has 118 valence electrons. The molecule has 1 saturated heterocycles. The van der Waals surface area contributed by atoms with Gasteiger partial charge < -0.3 is 5.73 Å². The average Bonchev–Trinajstić information content (AvgIpc) is 2.47. The molecule has 2 atom stereocenters. The van der Waals surface area contributed by atoms with E-state index in [0.717, 1.165) is 32.1 Å². The van der Waals surface area contributed by atoms with Gasteiger partial charge in [-0.3, -0.25) is 0 Å². The summed E-state index contributed by atoms with van der Waals surface area (Å²) in [6, 6.07) is 0.185. The van der Waals surface area contributed by atoms with Crippen LogP contribution in [0, 0.1) is 11.8 Å². The molecule has 2 rings (SSSR count). The molecule has 0 amide bonds. The summed E-state index contributed by atoms with van der Waals surface area (Å²) in [5, 5.41) is 0. The minimum atomic E-state index is -3.32. The smallest absolute Gasteiger partial charge is 0.281 e. The van der Waals surface area contributed by atoms with Gasteiger partial charge in [-0.15, -0.1) is 0 Å². The first kappa shape index (κ1) is 16.2. The van der Waals surface area contributed by atoms with Gasteiger partial charge in [0.05, 0.1) is 0 Å². The molecule has 0 radical (unpaired) electrons. The van der Waals surface area contributed by atoms with Crippen molar-refractivity contribution < 1.29 is 8.42 Å². The summed E-state index contributed by atoms with van der Waals surface area (Å²) in [6.45, 7) is 3.96. The van der Waals surface area contributed by atoms with Crippen LogP contribution in [0.25, 0.3) is 0 Å². The Morgan fingerprint density at radius 1 is 1.20 bits per heavy atom. The van der Waals surface area contributed by atoms with E-state index in [1.165, 1.54) is 6.42 Å². The van der Waals surface area contributed by atoms with Crippen molar-refractivity contribution in [3.63, 3.8) is 0 Å². The van der Waals surface area contributed by atoms with E-state index in [0.29, 0.717) is 31.5 Å². The molecule has 20 heavy (non-hydrogen) atoms. The average molecular weight is 303 g/mol. The van der Waals surface area contributed by atoms with Crippen LogP contribution in [0.2, 0.25) is 0 Å². The number of hydrogen-bond donors (Lipinski definition) is 1. The molecule has 2 fully saturated rings. The van der Waals surface area contributed by atoms with Gasteiger partial charge in [0.2, 0.25) is 0 Å². The van der Waals surface area contributed by atoms with Gasteiger partial charge in [0.25, 0.3) is 10.2 Å². The summed E-state index contributed by atoms with van der Waals surface area (Å²) in [4.78, 5) is 0. The van der Waals surface area contributed by atoms with E-state index in [1.54, 1.807) is 15.7 Å². The highest BCUT2D eigenvalue weighted by Crippen LogP contribution is 2.28. The maximum Gasteiger partial charge on any atom is 0.281 e. The number of hydrogen-bond acceptors (Lipinski definition) is 3. The lowest BCUT2D eigenvalue weighted by atomic mass is 9.88. The number of nitrogens with two attached hydrogens (primary N) is 1. The lowest BCUT2D eigenvalue weighted by Gasteiger charge is -2.40. The van der Waals surface area contributed by atoms with Crippen LogP contribution in [0.4, 0.5) is 0 Å². The van der Waals surface area contributed by atoms with Gasteiger partial charge in [-0.05, 0) is 37.6 Å². The van der Waals surface area contributed by atoms with Gasteiger partial charge in [0, 0.05) is 26.2 Å². The monoisotopic (exact) mass is 303 g/mol. The number of rotatable bonds is 4. The minimum absolute atomic E-state index is 0.185. The Morgan fingerprint density at radius 3 is 2.45 bits per heavy atom. The molecule has 6 heteroatoms. The highest BCUT2D eigenvalue weighted by molar-refractivity contribution is 7.86. The Balaban J connectivity index is 2.05. The van der Waals surface area contributed by atoms with Crippen LogP contribution >= 0.6 is 0 Å². The fourth-order valence-corrected chi connectivity index (χ4v) is 5.12. The third-order valence-electron chi connectivity index (χ3n) is 5.16. The van der Waals surface area contributed by atoms with E-state index in [4.69, 9.17) is 5.73 Å². The summed E-state index contributed by atoms with van der Waals surface area (Å²) in [5.74, 6) is 0.810. The normalized spacial score (nSPS) is 30.8. The molecule has 5 nitrogen and oxygen atoms in total. The summed E-state index contributed by atoms with van der Waals surface area (Å²) in [6.07, 6.45) is 6.45. The fraction of sp³-hybridized carbons (Fsp3) is 1.00.